The number of hydrogen-bond donors (Lipinski definition) is 1. The fraction of sp³-hybridized carbons (Fsp3) is 0.450. The van der Waals surface area contributed by atoms with Crippen LogP contribution in [0.4, 0.5) is 4.39 Å². The Morgan fingerprint density at radius 2 is 1.80 bits per heavy atom. The lowest BCUT2D eigenvalue weighted by Gasteiger charge is -2.43. The minimum absolute atomic E-state index is 0.122. The average molecular weight is 410 g/mol. The zero-order valence-corrected chi connectivity index (χ0v) is 16.9. The van der Waals surface area contributed by atoms with Crippen LogP contribution in [0.25, 0.3) is 5.57 Å². The Labute approximate surface area is 157 Å². The molecular formula is C20H25BrFNO2. The first-order valence-corrected chi connectivity index (χ1v) is 9.58. The second kappa shape index (κ2) is 7.73. The zero-order chi connectivity index (χ0) is 18.9. The molecule has 1 aromatic rings. The molecule has 1 aliphatic heterocycles. The van der Waals surface area contributed by atoms with E-state index in [4.69, 9.17) is 0 Å². The fourth-order valence-electron chi connectivity index (χ4n) is 3.85. The molecule has 1 aliphatic rings. The largest absolute Gasteiger partial charge is 0.478 e. The van der Waals surface area contributed by atoms with Crippen LogP contribution >= 0.6 is 15.9 Å². The van der Waals surface area contributed by atoms with Gasteiger partial charge in [0.15, 0.2) is 0 Å². The Bertz CT molecular complexity index is 720. The Morgan fingerprint density at radius 3 is 2.20 bits per heavy atom. The molecule has 0 aromatic heterocycles. The van der Waals surface area contributed by atoms with Crippen LogP contribution in [0, 0.1) is 17.7 Å². The molecule has 1 aromatic carbocycles. The van der Waals surface area contributed by atoms with E-state index in [1.54, 1.807) is 12.1 Å². The van der Waals surface area contributed by atoms with Crippen molar-refractivity contribution in [1.29, 1.82) is 0 Å². The summed E-state index contributed by atoms with van der Waals surface area (Å²) in [6.45, 7) is 8.28. The molecule has 0 radical (unpaired) electrons. The molecule has 0 saturated heterocycles. The van der Waals surface area contributed by atoms with Crippen molar-refractivity contribution in [2.75, 3.05) is 12.4 Å². The van der Waals surface area contributed by atoms with Gasteiger partial charge in [-0.15, -0.1) is 0 Å². The van der Waals surface area contributed by atoms with Crippen molar-refractivity contribution in [1.82, 2.24) is 4.90 Å². The van der Waals surface area contributed by atoms with Crippen LogP contribution in [-0.4, -0.2) is 34.4 Å². The molecule has 0 bridgehead atoms. The van der Waals surface area contributed by atoms with Crippen LogP contribution in [0.5, 0.6) is 0 Å². The number of nitrogens with zero attached hydrogens (tertiary/aromatic N) is 1. The Hall–Kier alpha value is -1.62. The molecule has 1 atom stereocenters. The second-order valence-electron chi connectivity index (χ2n) is 7.05. The number of carbonyl (C=O) groups is 1. The minimum Gasteiger partial charge on any atom is -0.478 e. The van der Waals surface area contributed by atoms with Crippen molar-refractivity contribution < 1.29 is 14.3 Å². The number of likely N-dealkylation sites (N-methyl/N-ethyl adjacent to an activating group) is 1. The highest BCUT2D eigenvalue weighted by atomic mass is 79.9. The van der Waals surface area contributed by atoms with Crippen molar-refractivity contribution >= 4 is 27.5 Å². The average Bonchev–Trinajstić information content (AvgIpc) is 2.53. The quantitative estimate of drug-likeness (QED) is 0.700. The van der Waals surface area contributed by atoms with Gasteiger partial charge < -0.3 is 10.0 Å². The van der Waals surface area contributed by atoms with Gasteiger partial charge >= 0.3 is 5.97 Å². The summed E-state index contributed by atoms with van der Waals surface area (Å²) >= 11 is 3.55. The maximum absolute atomic E-state index is 13.4. The van der Waals surface area contributed by atoms with Crippen LogP contribution in [0.1, 0.15) is 33.3 Å². The summed E-state index contributed by atoms with van der Waals surface area (Å²) in [6, 6.07) is 5.85. The molecular weight excluding hydrogens is 385 g/mol. The highest BCUT2D eigenvalue weighted by Gasteiger charge is 2.38. The number of allylic oxidation sites excluding steroid dienone is 3. The highest BCUT2D eigenvalue weighted by Crippen LogP contribution is 2.42. The predicted molar refractivity (Wildman–Crippen MR) is 103 cm³/mol. The molecule has 0 amide bonds. The van der Waals surface area contributed by atoms with Crippen molar-refractivity contribution in [3.8, 4) is 0 Å². The molecule has 1 unspecified atom stereocenters. The number of aliphatic carboxylic acids is 1. The van der Waals surface area contributed by atoms with Crippen LogP contribution in [0.2, 0.25) is 0 Å². The summed E-state index contributed by atoms with van der Waals surface area (Å²) in [5.41, 5.74) is 3.91. The minimum atomic E-state index is -0.925. The SMILES string of the molecule is CC(C)C1=C(CBr)C(c2ccc(F)cc2)=C(C(=O)O)C(C(C)C)N1C. The normalized spacial score (nSPS) is 18.6. The van der Waals surface area contributed by atoms with Crippen molar-refractivity contribution in [3.63, 3.8) is 0 Å². The predicted octanol–water partition coefficient (Wildman–Crippen LogP) is 4.94. The first-order valence-electron chi connectivity index (χ1n) is 8.46. The van der Waals surface area contributed by atoms with Gasteiger partial charge in [-0.25, -0.2) is 9.18 Å². The van der Waals surface area contributed by atoms with Crippen LogP contribution in [0.3, 0.4) is 0 Å². The van der Waals surface area contributed by atoms with E-state index in [0.29, 0.717) is 16.5 Å². The standard InChI is InChI=1S/C20H25BrFNO2/c1-11(2)18-15(10-21)16(13-6-8-14(22)9-7-13)17(20(24)25)19(12(3)4)23(18)5/h6-9,11-12,19H,10H2,1-5H3,(H,24,25). The maximum Gasteiger partial charge on any atom is 0.334 e. The summed E-state index contributed by atoms with van der Waals surface area (Å²) in [6.07, 6.45) is 0. The Morgan fingerprint density at radius 1 is 1.24 bits per heavy atom. The van der Waals surface area contributed by atoms with Gasteiger partial charge in [0.2, 0.25) is 0 Å². The molecule has 3 nitrogen and oxygen atoms in total. The lowest BCUT2D eigenvalue weighted by Crippen LogP contribution is -2.44. The summed E-state index contributed by atoms with van der Waals surface area (Å²) in [5.74, 6) is -0.893. The number of benzene rings is 1. The molecule has 0 aliphatic carbocycles. The number of halogens is 2. The number of carboxylic acids is 1. The zero-order valence-electron chi connectivity index (χ0n) is 15.3. The van der Waals surface area contributed by atoms with Gasteiger partial charge in [0.1, 0.15) is 5.82 Å². The van der Waals surface area contributed by atoms with Gasteiger partial charge in [-0.2, -0.15) is 0 Å². The molecule has 1 N–H and O–H groups in total. The second-order valence-corrected chi connectivity index (χ2v) is 7.61. The van der Waals surface area contributed by atoms with E-state index >= 15 is 0 Å². The monoisotopic (exact) mass is 409 g/mol. The molecule has 0 spiro atoms. The Kier molecular flexibility index (Phi) is 6.09. The first kappa shape index (κ1) is 19.7. The molecule has 0 fully saturated rings. The van der Waals surface area contributed by atoms with Gasteiger partial charge in [0.25, 0.3) is 0 Å². The third kappa shape index (κ3) is 3.66. The van der Waals surface area contributed by atoms with Gasteiger partial charge in [0, 0.05) is 18.1 Å². The van der Waals surface area contributed by atoms with Gasteiger partial charge in [-0.05, 0) is 40.7 Å². The number of alkyl halides is 1. The number of carboxylic acid groups (broad SMARTS) is 1. The highest BCUT2D eigenvalue weighted by molar-refractivity contribution is 9.09. The number of rotatable bonds is 5. The van der Waals surface area contributed by atoms with E-state index in [-0.39, 0.29) is 23.7 Å². The summed E-state index contributed by atoms with van der Waals surface area (Å²) in [7, 11) is 1.97. The lowest BCUT2D eigenvalue weighted by atomic mass is 9.79. The fourth-order valence-corrected chi connectivity index (χ4v) is 4.41. The van der Waals surface area contributed by atoms with E-state index in [1.165, 1.54) is 12.1 Å². The Balaban J connectivity index is 2.88. The van der Waals surface area contributed by atoms with Crippen LogP contribution < -0.4 is 0 Å². The third-order valence-corrected chi connectivity index (χ3v) is 5.21. The van der Waals surface area contributed by atoms with E-state index in [1.807, 2.05) is 20.9 Å². The summed E-state index contributed by atoms with van der Waals surface area (Å²) < 4.78 is 13.4. The lowest BCUT2D eigenvalue weighted by molar-refractivity contribution is -0.133. The summed E-state index contributed by atoms with van der Waals surface area (Å²) in [4.78, 5) is 14.3. The van der Waals surface area contributed by atoms with Crippen LogP contribution in [-0.2, 0) is 4.79 Å². The van der Waals surface area contributed by atoms with Gasteiger partial charge in [0.05, 0.1) is 11.6 Å². The molecule has 136 valence electrons. The van der Waals surface area contributed by atoms with E-state index in [9.17, 15) is 14.3 Å². The van der Waals surface area contributed by atoms with Crippen molar-refractivity contribution in [3.05, 3.63) is 52.5 Å². The topological polar surface area (TPSA) is 40.5 Å². The number of hydrogen-bond acceptors (Lipinski definition) is 2. The van der Waals surface area contributed by atoms with E-state index in [2.05, 4.69) is 34.7 Å². The third-order valence-electron chi connectivity index (χ3n) is 4.65. The van der Waals surface area contributed by atoms with Gasteiger partial charge in [-0.3, -0.25) is 0 Å². The molecule has 5 heteroatoms. The molecule has 1 heterocycles. The van der Waals surface area contributed by atoms with E-state index < -0.39 is 5.97 Å². The molecule has 0 saturated carbocycles. The summed E-state index contributed by atoms with van der Waals surface area (Å²) in [5, 5.41) is 10.5. The molecule has 25 heavy (non-hydrogen) atoms. The van der Waals surface area contributed by atoms with Crippen molar-refractivity contribution in [2.24, 2.45) is 11.8 Å². The maximum atomic E-state index is 13.4. The van der Waals surface area contributed by atoms with Gasteiger partial charge in [-0.1, -0.05) is 55.8 Å². The van der Waals surface area contributed by atoms with Crippen LogP contribution in [0.15, 0.2) is 41.1 Å². The smallest absolute Gasteiger partial charge is 0.334 e. The molecule has 2 rings (SSSR count). The van der Waals surface area contributed by atoms with Crippen molar-refractivity contribution in [2.45, 2.75) is 33.7 Å². The van der Waals surface area contributed by atoms with E-state index in [0.717, 1.165) is 16.8 Å². The first-order chi connectivity index (χ1) is 11.7.